The van der Waals surface area contributed by atoms with E-state index in [1.165, 1.54) is 6.07 Å². The zero-order chi connectivity index (χ0) is 24.5. The first-order valence-electron chi connectivity index (χ1n) is 8.46. The molecule has 0 spiro atoms. The minimum Gasteiger partial charge on any atom is -0.453 e. The van der Waals surface area contributed by atoms with Crippen LogP contribution in [0.25, 0.3) is 0 Å². The predicted octanol–water partition coefficient (Wildman–Crippen LogP) is 6.20. The van der Waals surface area contributed by atoms with Crippen LogP contribution in [0.3, 0.4) is 0 Å². The van der Waals surface area contributed by atoms with Crippen molar-refractivity contribution in [2.75, 3.05) is 4.72 Å². The maximum Gasteiger partial charge on any atom is 0.271 e. The van der Waals surface area contributed by atoms with E-state index < -0.39 is 42.0 Å². The van der Waals surface area contributed by atoms with Gasteiger partial charge < -0.3 is 4.74 Å². The van der Waals surface area contributed by atoms with E-state index in [0.717, 1.165) is 36.4 Å². The van der Waals surface area contributed by atoms with Crippen LogP contribution >= 0.6 is 34.8 Å². The molecule has 0 heterocycles. The molecule has 3 aromatic rings. The molecule has 0 fully saturated rings. The zero-order valence-electron chi connectivity index (χ0n) is 15.8. The highest BCUT2D eigenvalue weighted by atomic mass is 35.5. The molecule has 0 aliphatic carbocycles. The number of nitrogens with one attached hydrogen (secondary N) is 1. The van der Waals surface area contributed by atoms with Crippen LogP contribution in [0.15, 0.2) is 53.4 Å². The molecular formula is C18H9Cl3FN3O7S. The topological polar surface area (TPSA) is 142 Å². The van der Waals surface area contributed by atoms with Gasteiger partial charge in [0.2, 0.25) is 0 Å². The molecule has 172 valence electrons. The summed E-state index contributed by atoms with van der Waals surface area (Å²) in [6.45, 7) is 0. The lowest BCUT2D eigenvalue weighted by Crippen LogP contribution is -2.14. The van der Waals surface area contributed by atoms with Crippen LogP contribution in [0, 0.1) is 26.0 Å². The molecule has 0 saturated heterocycles. The van der Waals surface area contributed by atoms with Crippen LogP contribution in [-0.2, 0) is 10.0 Å². The molecule has 1 N–H and O–H groups in total. The number of rotatable bonds is 7. The average Bonchev–Trinajstić information content (AvgIpc) is 2.72. The van der Waals surface area contributed by atoms with E-state index in [1.807, 2.05) is 4.72 Å². The summed E-state index contributed by atoms with van der Waals surface area (Å²) in [5.74, 6) is -1.29. The van der Waals surface area contributed by atoms with Gasteiger partial charge in [-0.25, -0.2) is 12.8 Å². The number of hydrogen-bond donors (Lipinski definition) is 1. The SMILES string of the molecule is O=[N+]([O-])c1ccc(Oc2c(Cl)cc(S(=O)(=O)Nc3cc([N+](=O)[O-])ccc3F)cc2Cl)c(Cl)c1. The number of nitro benzene ring substituents is 2. The number of ether oxygens (including phenoxy) is 1. The number of nitrogens with zero attached hydrogens (tertiary/aromatic N) is 2. The molecule has 0 atom stereocenters. The van der Waals surface area contributed by atoms with Gasteiger partial charge in [-0.3, -0.25) is 25.0 Å². The summed E-state index contributed by atoms with van der Waals surface area (Å²) in [4.78, 5) is 19.7. The quantitative estimate of drug-likeness (QED) is 0.280. The Morgan fingerprint density at radius 3 is 1.94 bits per heavy atom. The lowest BCUT2D eigenvalue weighted by Gasteiger charge is -2.14. The number of sulfonamides is 1. The van der Waals surface area contributed by atoms with Gasteiger partial charge in [0.05, 0.1) is 35.5 Å². The third-order valence-corrected chi connectivity index (χ3v) is 6.23. The first-order valence-corrected chi connectivity index (χ1v) is 11.1. The van der Waals surface area contributed by atoms with Crippen LogP contribution in [0.2, 0.25) is 15.1 Å². The third kappa shape index (κ3) is 5.42. The van der Waals surface area contributed by atoms with Crippen LogP contribution in [-0.4, -0.2) is 18.3 Å². The summed E-state index contributed by atoms with van der Waals surface area (Å²) < 4.78 is 46.7. The van der Waals surface area contributed by atoms with Crippen molar-refractivity contribution in [1.29, 1.82) is 0 Å². The van der Waals surface area contributed by atoms with Crippen molar-refractivity contribution in [1.82, 2.24) is 0 Å². The van der Waals surface area contributed by atoms with Gasteiger partial charge in [-0.2, -0.15) is 0 Å². The van der Waals surface area contributed by atoms with Gasteiger partial charge in [-0.05, 0) is 24.3 Å². The molecule has 0 amide bonds. The minimum absolute atomic E-state index is 0.0431. The van der Waals surface area contributed by atoms with E-state index >= 15 is 0 Å². The van der Waals surface area contributed by atoms with Crippen molar-refractivity contribution in [3.8, 4) is 11.5 Å². The Bertz CT molecular complexity index is 1380. The number of nitro groups is 2. The van der Waals surface area contributed by atoms with E-state index in [1.54, 1.807) is 0 Å². The lowest BCUT2D eigenvalue weighted by molar-refractivity contribution is -0.385. The van der Waals surface area contributed by atoms with Crippen LogP contribution in [0.4, 0.5) is 21.5 Å². The summed E-state index contributed by atoms with van der Waals surface area (Å²) >= 11 is 18.2. The predicted molar refractivity (Wildman–Crippen MR) is 119 cm³/mol. The Morgan fingerprint density at radius 1 is 0.848 bits per heavy atom. The van der Waals surface area contributed by atoms with Crippen molar-refractivity contribution in [3.63, 3.8) is 0 Å². The second-order valence-corrected chi connectivity index (χ2v) is 9.12. The van der Waals surface area contributed by atoms with E-state index in [2.05, 4.69) is 0 Å². The number of non-ortho nitro benzene ring substituents is 2. The summed E-state index contributed by atoms with van der Waals surface area (Å²) in [6.07, 6.45) is 0. The number of anilines is 1. The molecule has 33 heavy (non-hydrogen) atoms. The fourth-order valence-electron chi connectivity index (χ4n) is 2.49. The Balaban J connectivity index is 1.93. The summed E-state index contributed by atoms with van der Waals surface area (Å²) in [6, 6.07) is 7.57. The number of halogens is 4. The molecule has 0 aliphatic rings. The molecule has 10 nitrogen and oxygen atoms in total. The highest BCUT2D eigenvalue weighted by molar-refractivity contribution is 7.92. The summed E-state index contributed by atoms with van der Waals surface area (Å²) in [7, 11) is -4.47. The number of hydrogen-bond acceptors (Lipinski definition) is 7. The molecule has 3 aromatic carbocycles. The monoisotopic (exact) mass is 535 g/mol. The van der Waals surface area contributed by atoms with Gasteiger partial charge in [0.25, 0.3) is 21.4 Å². The highest BCUT2D eigenvalue weighted by Crippen LogP contribution is 2.41. The highest BCUT2D eigenvalue weighted by Gasteiger charge is 2.23. The van der Waals surface area contributed by atoms with E-state index in [-0.39, 0.29) is 32.3 Å². The van der Waals surface area contributed by atoms with E-state index in [0.29, 0.717) is 6.07 Å². The Kier molecular flexibility index (Phi) is 6.93. The fraction of sp³-hybridized carbons (Fsp3) is 0. The minimum atomic E-state index is -4.47. The second-order valence-electron chi connectivity index (χ2n) is 6.22. The third-order valence-electron chi connectivity index (χ3n) is 4.03. The molecule has 15 heteroatoms. The van der Waals surface area contributed by atoms with Crippen molar-refractivity contribution < 1.29 is 27.4 Å². The maximum absolute atomic E-state index is 14.0. The molecule has 0 bridgehead atoms. The van der Waals surface area contributed by atoms with E-state index in [9.17, 15) is 33.0 Å². The maximum atomic E-state index is 14.0. The zero-order valence-corrected chi connectivity index (χ0v) is 18.9. The van der Waals surface area contributed by atoms with Crippen molar-refractivity contribution in [3.05, 3.63) is 89.6 Å². The Hall–Kier alpha value is -3.19. The molecule has 0 aliphatic heterocycles. The standard InChI is InChI=1S/C18H9Cl3FN3O7S/c19-12-5-9(24(26)27)2-4-17(12)32-18-13(20)7-11(8-14(18)21)33(30,31)23-16-6-10(25(28)29)1-3-15(16)22/h1-8,23H. The smallest absolute Gasteiger partial charge is 0.271 e. The van der Waals surface area contributed by atoms with Gasteiger partial charge in [0, 0.05) is 24.3 Å². The second kappa shape index (κ2) is 9.35. The first-order chi connectivity index (χ1) is 15.4. The molecule has 0 saturated carbocycles. The van der Waals surface area contributed by atoms with Gasteiger partial charge in [0.15, 0.2) is 5.75 Å². The molecule has 0 unspecified atom stereocenters. The van der Waals surface area contributed by atoms with Crippen LogP contribution in [0.1, 0.15) is 0 Å². The Morgan fingerprint density at radius 2 is 1.39 bits per heavy atom. The largest absolute Gasteiger partial charge is 0.453 e. The van der Waals surface area contributed by atoms with Gasteiger partial charge >= 0.3 is 0 Å². The van der Waals surface area contributed by atoms with Crippen molar-refractivity contribution >= 4 is 61.9 Å². The van der Waals surface area contributed by atoms with Crippen molar-refractivity contribution in [2.24, 2.45) is 0 Å². The lowest BCUT2D eigenvalue weighted by atomic mass is 10.3. The van der Waals surface area contributed by atoms with Crippen LogP contribution < -0.4 is 9.46 Å². The molecule has 3 rings (SSSR count). The van der Waals surface area contributed by atoms with E-state index in [4.69, 9.17) is 39.5 Å². The summed E-state index contributed by atoms with van der Waals surface area (Å²) in [5, 5.41) is 21.0. The normalized spacial score (nSPS) is 11.2. The fourth-order valence-corrected chi connectivity index (χ4v) is 4.51. The van der Waals surface area contributed by atoms with Crippen molar-refractivity contribution in [2.45, 2.75) is 4.90 Å². The molecule has 0 aromatic heterocycles. The van der Waals surface area contributed by atoms with Gasteiger partial charge in [-0.15, -0.1) is 0 Å². The number of benzene rings is 3. The molecular weight excluding hydrogens is 528 g/mol. The molecule has 0 radical (unpaired) electrons. The summed E-state index contributed by atoms with van der Waals surface area (Å²) in [5.41, 5.74) is -1.48. The van der Waals surface area contributed by atoms with Gasteiger partial charge in [-0.1, -0.05) is 34.8 Å². The average molecular weight is 537 g/mol. The van der Waals surface area contributed by atoms with Gasteiger partial charge in [0.1, 0.15) is 11.6 Å². The first kappa shape index (κ1) is 24.5. The Labute approximate surface area is 199 Å². The van der Waals surface area contributed by atoms with Crippen LogP contribution in [0.5, 0.6) is 11.5 Å².